The van der Waals surface area contributed by atoms with Crippen LogP contribution in [0.1, 0.15) is 33.1 Å². The van der Waals surface area contributed by atoms with Gasteiger partial charge in [-0.25, -0.2) is 8.42 Å². The standard InChI is InChI=1S/C12H26N2O2S/c1-4-12(2)11-14(8-5-7-13-12)9-6-10-17(3,15)16/h13H,4-11H2,1-3H3. The zero-order chi connectivity index (χ0) is 12.9. The summed E-state index contributed by atoms with van der Waals surface area (Å²) >= 11 is 0. The second kappa shape index (κ2) is 6.16. The van der Waals surface area contributed by atoms with Gasteiger partial charge in [-0.05, 0) is 45.8 Å². The number of sulfone groups is 1. The van der Waals surface area contributed by atoms with Crippen LogP contribution in [0, 0.1) is 0 Å². The molecule has 0 aliphatic carbocycles. The van der Waals surface area contributed by atoms with E-state index < -0.39 is 9.84 Å². The van der Waals surface area contributed by atoms with Crippen LogP contribution < -0.4 is 5.32 Å². The van der Waals surface area contributed by atoms with E-state index >= 15 is 0 Å². The van der Waals surface area contributed by atoms with Crippen LogP contribution in [0.3, 0.4) is 0 Å². The van der Waals surface area contributed by atoms with E-state index in [2.05, 4.69) is 24.1 Å². The minimum atomic E-state index is -2.81. The lowest BCUT2D eigenvalue weighted by atomic mass is 9.98. The van der Waals surface area contributed by atoms with Gasteiger partial charge in [0.1, 0.15) is 9.84 Å². The van der Waals surface area contributed by atoms with Crippen molar-refractivity contribution in [2.75, 3.05) is 38.2 Å². The average molecular weight is 262 g/mol. The number of hydrogen-bond acceptors (Lipinski definition) is 4. The van der Waals surface area contributed by atoms with Gasteiger partial charge < -0.3 is 10.2 Å². The maximum Gasteiger partial charge on any atom is 0.147 e. The number of rotatable bonds is 5. The van der Waals surface area contributed by atoms with Crippen molar-refractivity contribution in [2.45, 2.75) is 38.6 Å². The summed E-state index contributed by atoms with van der Waals surface area (Å²) in [7, 11) is -2.81. The van der Waals surface area contributed by atoms with Gasteiger partial charge in [-0.3, -0.25) is 0 Å². The van der Waals surface area contributed by atoms with E-state index in [1.165, 1.54) is 6.26 Å². The molecule has 1 atom stereocenters. The Labute approximate surface area is 106 Å². The van der Waals surface area contributed by atoms with Gasteiger partial charge in [0.2, 0.25) is 0 Å². The van der Waals surface area contributed by atoms with Crippen molar-refractivity contribution >= 4 is 9.84 Å². The maximum absolute atomic E-state index is 11.1. The molecule has 1 rings (SSSR count). The minimum Gasteiger partial charge on any atom is -0.310 e. The van der Waals surface area contributed by atoms with Crippen molar-refractivity contribution in [2.24, 2.45) is 0 Å². The molecule has 0 aromatic carbocycles. The zero-order valence-corrected chi connectivity index (χ0v) is 12.1. The molecule has 1 saturated heterocycles. The Bertz CT molecular complexity index is 329. The third-order valence-electron chi connectivity index (χ3n) is 3.55. The van der Waals surface area contributed by atoms with Crippen molar-refractivity contribution in [1.82, 2.24) is 10.2 Å². The number of nitrogens with one attached hydrogen (secondary N) is 1. The molecule has 5 heteroatoms. The molecule has 1 unspecified atom stereocenters. The Morgan fingerprint density at radius 1 is 1.41 bits per heavy atom. The van der Waals surface area contributed by atoms with E-state index in [4.69, 9.17) is 0 Å². The van der Waals surface area contributed by atoms with Crippen molar-refractivity contribution in [3.05, 3.63) is 0 Å². The van der Waals surface area contributed by atoms with E-state index in [1.807, 2.05) is 0 Å². The highest BCUT2D eigenvalue weighted by Crippen LogP contribution is 2.15. The third-order valence-corrected chi connectivity index (χ3v) is 4.58. The average Bonchev–Trinajstić information content (AvgIpc) is 2.39. The molecular weight excluding hydrogens is 236 g/mol. The lowest BCUT2D eigenvalue weighted by Gasteiger charge is -2.32. The second-order valence-corrected chi connectivity index (χ2v) is 7.71. The van der Waals surface area contributed by atoms with Crippen LogP contribution in [0.5, 0.6) is 0 Å². The molecular formula is C12H26N2O2S. The normalized spacial score (nSPS) is 27.9. The molecule has 102 valence electrons. The van der Waals surface area contributed by atoms with Gasteiger partial charge in [0, 0.05) is 18.3 Å². The largest absolute Gasteiger partial charge is 0.310 e. The van der Waals surface area contributed by atoms with E-state index in [0.717, 1.165) is 45.4 Å². The number of nitrogens with zero attached hydrogens (tertiary/aromatic N) is 1. The van der Waals surface area contributed by atoms with Gasteiger partial charge in [0.25, 0.3) is 0 Å². The molecule has 1 aliphatic heterocycles. The lowest BCUT2D eigenvalue weighted by Crippen LogP contribution is -2.48. The Kier molecular flexibility index (Phi) is 5.41. The van der Waals surface area contributed by atoms with E-state index in [-0.39, 0.29) is 5.54 Å². The number of hydrogen-bond donors (Lipinski definition) is 1. The predicted octanol–water partition coefficient (Wildman–Crippen LogP) is 0.885. The van der Waals surface area contributed by atoms with Crippen LogP contribution in [0.4, 0.5) is 0 Å². The molecule has 1 N–H and O–H groups in total. The van der Waals surface area contributed by atoms with E-state index in [1.54, 1.807) is 0 Å². The van der Waals surface area contributed by atoms with Crippen molar-refractivity contribution in [3.63, 3.8) is 0 Å². The molecule has 0 aromatic heterocycles. The molecule has 17 heavy (non-hydrogen) atoms. The SMILES string of the molecule is CCC1(C)CN(CCCS(C)(=O)=O)CCCN1. The molecule has 0 radical (unpaired) electrons. The highest BCUT2D eigenvalue weighted by Gasteiger charge is 2.26. The first-order valence-corrected chi connectivity index (χ1v) is 8.56. The van der Waals surface area contributed by atoms with Crippen LogP contribution in [0.2, 0.25) is 0 Å². The summed E-state index contributed by atoms with van der Waals surface area (Å²) < 4.78 is 22.2. The van der Waals surface area contributed by atoms with Crippen LogP contribution >= 0.6 is 0 Å². The maximum atomic E-state index is 11.1. The van der Waals surface area contributed by atoms with Gasteiger partial charge in [-0.15, -0.1) is 0 Å². The van der Waals surface area contributed by atoms with E-state index in [9.17, 15) is 8.42 Å². The molecule has 1 fully saturated rings. The first kappa shape index (κ1) is 14.9. The molecule has 0 aromatic rings. The second-order valence-electron chi connectivity index (χ2n) is 5.45. The van der Waals surface area contributed by atoms with Crippen molar-refractivity contribution in [3.8, 4) is 0 Å². The summed E-state index contributed by atoms with van der Waals surface area (Å²) in [6, 6.07) is 0. The zero-order valence-electron chi connectivity index (χ0n) is 11.3. The van der Waals surface area contributed by atoms with Crippen LogP contribution in [-0.4, -0.2) is 57.0 Å². The summed E-state index contributed by atoms with van der Waals surface area (Å²) in [5, 5.41) is 3.58. The minimum absolute atomic E-state index is 0.182. The molecule has 0 amide bonds. The van der Waals surface area contributed by atoms with Crippen molar-refractivity contribution < 1.29 is 8.42 Å². The summed E-state index contributed by atoms with van der Waals surface area (Å²) in [5.41, 5.74) is 0.182. The highest BCUT2D eigenvalue weighted by molar-refractivity contribution is 7.90. The molecule has 1 heterocycles. The summed E-state index contributed by atoms with van der Waals surface area (Å²) in [5.74, 6) is 0.305. The fourth-order valence-corrected chi connectivity index (χ4v) is 2.95. The van der Waals surface area contributed by atoms with Crippen LogP contribution in [0.25, 0.3) is 0 Å². The van der Waals surface area contributed by atoms with Crippen LogP contribution in [0.15, 0.2) is 0 Å². The van der Waals surface area contributed by atoms with E-state index in [0.29, 0.717) is 5.75 Å². The monoisotopic (exact) mass is 262 g/mol. The van der Waals surface area contributed by atoms with Crippen LogP contribution in [-0.2, 0) is 9.84 Å². The van der Waals surface area contributed by atoms with Gasteiger partial charge in [-0.2, -0.15) is 0 Å². The fourth-order valence-electron chi connectivity index (χ4n) is 2.30. The summed E-state index contributed by atoms with van der Waals surface area (Å²) in [6.45, 7) is 8.51. The molecule has 1 aliphatic rings. The molecule has 0 saturated carbocycles. The van der Waals surface area contributed by atoms with Gasteiger partial charge in [0.05, 0.1) is 5.75 Å². The molecule has 4 nitrogen and oxygen atoms in total. The smallest absolute Gasteiger partial charge is 0.147 e. The fraction of sp³-hybridized carbons (Fsp3) is 1.00. The Balaban J connectivity index is 2.42. The van der Waals surface area contributed by atoms with Gasteiger partial charge in [-0.1, -0.05) is 6.92 Å². The molecule has 0 bridgehead atoms. The van der Waals surface area contributed by atoms with Gasteiger partial charge >= 0.3 is 0 Å². The lowest BCUT2D eigenvalue weighted by molar-refractivity contribution is 0.216. The highest BCUT2D eigenvalue weighted by atomic mass is 32.2. The topological polar surface area (TPSA) is 49.4 Å². The van der Waals surface area contributed by atoms with Gasteiger partial charge in [0.15, 0.2) is 0 Å². The van der Waals surface area contributed by atoms with Crippen molar-refractivity contribution in [1.29, 1.82) is 0 Å². The quantitative estimate of drug-likeness (QED) is 0.799. The first-order valence-electron chi connectivity index (χ1n) is 6.50. The summed E-state index contributed by atoms with van der Waals surface area (Å²) in [6.07, 6.45) is 4.32. The molecule has 0 spiro atoms. The predicted molar refractivity (Wildman–Crippen MR) is 72.1 cm³/mol. The first-order chi connectivity index (χ1) is 7.85. The Morgan fingerprint density at radius 3 is 2.71 bits per heavy atom. The Hall–Kier alpha value is -0.130. The third kappa shape index (κ3) is 5.84. The Morgan fingerprint density at radius 2 is 2.12 bits per heavy atom. The summed E-state index contributed by atoms with van der Waals surface area (Å²) in [4.78, 5) is 2.40.